The van der Waals surface area contributed by atoms with Crippen molar-refractivity contribution in [3.63, 3.8) is 0 Å². The zero-order valence-electron chi connectivity index (χ0n) is 13.6. The molecule has 0 N–H and O–H groups in total. The molecule has 5 nitrogen and oxygen atoms in total. The van der Waals surface area contributed by atoms with Crippen molar-refractivity contribution >= 4 is 5.91 Å². The number of likely N-dealkylation sites (tertiary alicyclic amines) is 1. The summed E-state index contributed by atoms with van der Waals surface area (Å²) in [7, 11) is 0. The third-order valence-electron chi connectivity index (χ3n) is 4.33. The maximum atomic E-state index is 12.4. The lowest BCUT2D eigenvalue weighted by molar-refractivity contribution is -0.132. The van der Waals surface area contributed by atoms with E-state index in [-0.39, 0.29) is 11.9 Å². The number of carbonyl (C=O) groups excluding carboxylic acids is 1. The van der Waals surface area contributed by atoms with Gasteiger partial charge in [0.1, 0.15) is 6.04 Å². The third-order valence-corrected chi connectivity index (χ3v) is 4.33. The summed E-state index contributed by atoms with van der Waals surface area (Å²) in [5, 5.41) is 4.08. The Labute approximate surface area is 136 Å². The van der Waals surface area contributed by atoms with E-state index >= 15 is 0 Å². The molecule has 23 heavy (non-hydrogen) atoms. The molecule has 1 saturated heterocycles. The molecule has 3 rings (SSSR count). The first-order valence-electron chi connectivity index (χ1n) is 8.48. The number of nitrogens with zero attached hydrogens (tertiary/aromatic N) is 3. The molecule has 0 bridgehead atoms. The maximum absolute atomic E-state index is 12.4. The van der Waals surface area contributed by atoms with Crippen LogP contribution in [0.1, 0.15) is 57.4 Å². The summed E-state index contributed by atoms with van der Waals surface area (Å²) >= 11 is 0. The SMILES string of the molecule is CCCCCC(=O)N1CCCC1c1nc(-c2ccccc2)no1. The fourth-order valence-electron chi connectivity index (χ4n) is 3.07. The second-order valence-corrected chi connectivity index (χ2v) is 6.02. The van der Waals surface area contributed by atoms with Gasteiger partial charge in [0.15, 0.2) is 0 Å². The molecule has 1 aliphatic rings. The number of amides is 1. The Bertz CT molecular complexity index is 639. The van der Waals surface area contributed by atoms with Crippen LogP contribution in [0, 0.1) is 0 Å². The Morgan fingerprint density at radius 1 is 1.30 bits per heavy atom. The predicted octanol–water partition coefficient (Wildman–Crippen LogP) is 3.98. The van der Waals surface area contributed by atoms with Gasteiger partial charge in [0.2, 0.25) is 17.6 Å². The maximum Gasteiger partial charge on any atom is 0.249 e. The molecular weight excluding hydrogens is 290 g/mol. The smallest absolute Gasteiger partial charge is 0.249 e. The van der Waals surface area contributed by atoms with Gasteiger partial charge in [0.25, 0.3) is 0 Å². The Morgan fingerprint density at radius 2 is 2.13 bits per heavy atom. The largest absolute Gasteiger partial charge is 0.337 e. The minimum absolute atomic E-state index is 0.0610. The molecule has 1 aliphatic heterocycles. The minimum Gasteiger partial charge on any atom is -0.337 e. The van der Waals surface area contributed by atoms with Crippen LogP contribution in [-0.4, -0.2) is 27.5 Å². The number of hydrogen-bond donors (Lipinski definition) is 0. The summed E-state index contributed by atoms with van der Waals surface area (Å²) in [5.74, 6) is 1.36. The topological polar surface area (TPSA) is 59.2 Å². The summed E-state index contributed by atoms with van der Waals surface area (Å²) in [6.45, 7) is 2.94. The second kappa shape index (κ2) is 7.40. The third kappa shape index (κ3) is 3.60. The van der Waals surface area contributed by atoms with Gasteiger partial charge in [-0.05, 0) is 19.3 Å². The van der Waals surface area contributed by atoms with E-state index in [0.717, 1.165) is 44.2 Å². The molecule has 2 aromatic rings. The van der Waals surface area contributed by atoms with Gasteiger partial charge < -0.3 is 9.42 Å². The number of unbranched alkanes of at least 4 members (excludes halogenated alkanes) is 2. The molecule has 0 aliphatic carbocycles. The van der Waals surface area contributed by atoms with Crippen LogP contribution in [-0.2, 0) is 4.79 Å². The molecule has 1 unspecified atom stereocenters. The zero-order chi connectivity index (χ0) is 16.1. The second-order valence-electron chi connectivity index (χ2n) is 6.02. The van der Waals surface area contributed by atoms with Crippen LogP contribution in [0.2, 0.25) is 0 Å². The van der Waals surface area contributed by atoms with Crippen molar-refractivity contribution in [3.05, 3.63) is 36.2 Å². The fraction of sp³-hybridized carbons (Fsp3) is 0.500. The van der Waals surface area contributed by atoms with Gasteiger partial charge >= 0.3 is 0 Å². The molecular formula is C18H23N3O2. The standard InChI is InChI=1S/C18H23N3O2/c1-2-3-5-12-16(22)21-13-8-11-15(21)18-19-17(20-23-18)14-9-6-4-7-10-14/h4,6-7,9-10,15H,2-3,5,8,11-13H2,1H3. The number of hydrogen-bond acceptors (Lipinski definition) is 4. The van der Waals surface area contributed by atoms with Gasteiger partial charge in [-0.2, -0.15) is 4.98 Å². The summed E-state index contributed by atoms with van der Waals surface area (Å²) in [5.41, 5.74) is 0.932. The molecule has 1 aromatic heterocycles. The molecule has 122 valence electrons. The van der Waals surface area contributed by atoms with Crippen molar-refractivity contribution in [2.45, 2.75) is 51.5 Å². The average Bonchev–Trinajstić information content (AvgIpc) is 3.25. The highest BCUT2D eigenvalue weighted by atomic mass is 16.5. The van der Waals surface area contributed by atoms with Gasteiger partial charge in [0.05, 0.1) is 0 Å². The van der Waals surface area contributed by atoms with Crippen LogP contribution in [0.25, 0.3) is 11.4 Å². The molecule has 0 radical (unpaired) electrons. The monoisotopic (exact) mass is 313 g/mol. The van der Waals surface area contributed by atoms with Crippen LogP contribution < -0.4 is 0 Å². The van der Waals surface area contributed by atoms with E-state index in [1.54, 1.807) is 0 Å². The lowest BCUT2D eigenvalue weighted by Crippen LogP contribution is -2.30. The molecule has 1 atom stereocenters. The van der Waals surface area contributed by atoms with Crippen LogP contribution >= 0.6 is 0 Å². The van der Waals surface area contributed by atoms with Crippen molar-refractivity contribution < 1.29 is 9.32 Å². The van der Waals surface area contributed by atoms with Crippen molar-refractivity contribution in [1.29, 1.82) is 0 Å². The van der Waals surface area contributed by atoms with E-state index in [2.05, 4.69) is 17.1 Å². The quantitative estimate of drug-likeness (QED) is 0.757. The average molecular weight is 313 g/mol. The lowest BCUT2D eigenvalue weighted by atomic mass is 10.1. The first kappa shape index (κ1) is 15.7. The molecule has 1 amide bonds. The minimum atomic E-state index is -0.0610. The summed E-state index contributed by atoms with van der Waals surface area (Å²) in [6, 6.07) is 9.70. The first-order valence-corrected chi connectivity index (χ1v) is 8.48. The van der Waals surface area contributed by atoms with E-state index in [1.165, 1.54) is 0 Å². The predicted molar refractivity (Wildman–Crippen MR) is 87.6 cm³/mol. The van der Waals surface area contributed by atoms with E-state index < -0.39 is 0 Å². The highest BCUT2D eigenvalue weighted by Gasteiger charge is 2.33. The molecule has 2 heterocycles. The van der Waals surface area contributed by atoms with E-state index in [0.29, 0.717) is 18.1 Å². The van der Waals surface area contributed by atoms with E-state index in [4.69, 9.17) is 4.52 Å². The zero-order valence-corrected chi connectivity index (χ0v) is 13.6. The first-order chi connectivity index (χ1) is 11.3. The van der Waals surface area contributed by atoms with Gasteiger partial charge in [-0.15, -0.1) is 0 Å². The highest BCUT2D eigenvalue weighted by Crippen LogP contribution is 2.32. The number of rotatable bonds is 6. The van der Waals surface area contributed by atoms with Crippen molar-refractivity contribution in [1.82, 2.24) is 15.0 Å². The summed E-state index contributed by atoms with van der Waals surface area (Å²) in [4.78, 5) is 18.9. The van der Waals surface area contributed by atoms with Crippen molar-refractivity contribution in [3.8, 4) is 11.4 Å². The van der Waals surface area contributed by atoms with Gasteiger partial charge in [-0.25, -0.2) is 0 Å². The van der Waals surface area contributed by atoms with Crippen molar-refractivity contribution in [2.75, 3.05) is 6.54 Å². The molecule has 0 spiro atoms. The van der Waals surface area contributed by atoms with Gasteiger partial charge in [-0.1, -0.05) is 55.3 Å². The summed E-state index contributed by atoms with van der Waals surface area (Å²) < 4.78 is 5.45. The molecule has 1 aromatic carbocycles. The fourth-order valence-corrected chi connectivity index (χ4v) is 3.07. The molecule has 1 fully saturated rings. The highest BCUT2D eigenvalue weighted by molar-refractivity contribution is 5.76. The Balaban J connectivity index is 1.71. The van der Waals surface area contributed by atoms with Crippen LogP contribution in [0.3, 0.4) is 0 Å². The van der Waals surface area contributed by atoms with Gasteiger partial charge in [-0.3, -0.25) is 4.79 Å². The Morgan fingerprint density at radius 3 is 2.91 bits per heavy atom. The van der Waals surface area contributed by atoms with Gasteiger partial charge in [0, 0.05) is 18.5 Å². The normalized spacial score (nSPS) is 17.6. The Hall–Kier alpha value is -2.17. The summed E-state index contributed by atoms with van der Waals surface area (Å²) in [6.07, 6.45) is 5.69. The van der Waals surface area contributed by atoms with Crippen LogP contribution in [0.4, 0.5) is 0 Å². The lowest BCUT2D eigenvalue weighted by Gasteiger charge is -2.21. The van der Waals surface area contributed by atoms with Crippen molar-refractivity contribution in [2.24, 2.45) is 0 Å². The van der Waals surface area contributed by atoms with E-state index in [1.807, 2.05) is 35.2 Å². The molecule has 0 saturated carbocycles. The molecule has 5 heteroatoms. The number of aromatic nitrogens is 2. The van der Waals surface area contributed by atoms with E-state index in [9.17, 15) is 4.79 Å². The number of benzene rings is 1. The van der Waals surface area contributed by atoms with Crippen LogP contribution in [0.5, 0.6) is 0 Å². The number of carbonyl (C=O) groups is 1. The van der Waals surface area contributed by atoms with Crippen LogP contribution in [0.15, 0.2) is 34.9 Å². The Kier molecular flexibility index (Phi) is 5.05.